The lowest BCUT2D eigenvalue weighted by atomic mass is 9.44. The minimum absolute atomic E-state index is 0.0529. The van der Waals surface area contributed by atoms with Crippen LogP contribution in [0.15, 0.2) is 0 Å². The molecule has 0 aromatic rings. The Labute approximate surface area is 146 Å². The van der Waals surface area contributed by atoms with E-state index in [0.29, 0.717) is 23.7 Å². The second-order valence-corrected chi connectivity index (χ2v) is 9.94. The first kappa shape index (κ1) is 17.0. The van der Waals surface area contributed by atoms with Crippen molar-refractivity contribution in [3.8, 4) is 0 Å². The Bertz CT molecular complexity index is 531. The molecule has 24 heavy (non-hydrogen) atoms. The van der Waals surface area contributed by atoms with Crippen LogP contribution in [-0.2, 0) is 4.79 Å². The Morgan fingerprint density at radius 3 is 2.42 bits per heavy atom. The highest BCUT2D eigenvalue weighted by molar-refractivity contribution is 5.79. The van der Waals surface area contributed by atoms with Crippen LogP contribution in [0.25, 0.3) is 0 Å². The molecule has 0 saturated heterocycles. The van der Waals surface area contributed by atoms with Gasteiger partial charge in [0.15, 0.2) is 0 Å². The summed E-state index contributed by atoms with van der Waals surface area (Å²) < 4.78 is 0. The van der Waals surface area contributed by atoms with Crippen molar-refractivity contribution in [1.29, 1.82) is 0 Å². The number of rotatable bonds is 1. The molecule has 4 saturated carbocycles. The summed E-state index contributed by atoms with van der Waals surface area (Å²) in [5.74, 6) is 2.69. The van der Waals surface area contributed by atoms with Gasteiger partial charge in [0, 0.05) is 11.3 Å². The summed E-state index contributed by atoms with van der Waals surface area (Å²) in [4.78, 5) is 12.2. The Morgan fingerprint density at radius 1 is 0.958 bits per heavy atom. The van der Waals surface area contributed by atoms with Gasteiger partial charge in [-0.2, -0.15) is 0 Å². The normalized spacial score (nSPS) is 57.0. The fourth-order valence-electron chi connectivity index (χ4n) is 7.86. The van der Waals surface area contributed by atoms with Crippen molar-refractivity contribution >= 4 is 5.78 Å². The third-order valence-corrected chi connectivity index (χ3v) is 9.24. The number of Topliss-reactive ketones (excluding diaryl/α,β-unsaturated/α-hetero) is 1. The molecule has 4 aliphatic carbocycles. The Kier molecular flexibility index (Phi) is 3.93. The molecule has 3 nitrogen and oxygen atoms in total. The summed E-state index contributed by atoms with van der Waals surface area (Å²) in [5, 5.41) is 21.3. The maximum atomic E-state index is 12.2. The summed E-state index contributed by atoms with van der Waals surface area (Å²) >= 11 is 0. The highest BCUT2D eigenvalue weighted by Gasteiger charge is 2.63. The minimum atomic E-state index is -0.345. The third kappa shape index (κ3) is 2.13. The fraction of sp³-hybridized carbons (Fsp3) is 0.952. The smallest absolute Gasteiger partial charge is 0.133 e. The SMILES string of the molecule is CC(=O)C1CCC2C3CCC4CC(O)CCC4(C)C3CC(O)C12C. The van der Waals surface area contributed by atoms with Gasteiger partial charge in [-0.15, -0.1) is 0 Å². The van der Waals surface area contributed by atoms with E-state index in [4.69, 9.17) is 0 Å². The lowest BCUT2D eigenvalue weighted by molar-refractivity contribution is -0.173. The summed E-state index contributed by atoms with van der Waals surface area (Å²) in [6.45, 7) is 6.36. The zero-order valence-electron chi connectivity index (χ0n) is 15.5. The van der Waals surface area contributed by atoms with Crippen molar-refractivity contribution in [2.45, 2.75) is 84.3 Å². The molecular formula is C21H34O3. The largest absolute Gasteiger partial charge is 0.393 e. The molecular weight excluding hydrogens is 300 g/mol. The molecule has 9 unspecified atom stereocenters. The minimum Gasteiger partial charge on any atom is -0.393 e. The van der Waals surface area contributed by atoms with Gasteiger partial charge in [-0.25, -0.2) is 0 Å². The van der Waals surface area contributed by atoms with Crippen molar-refractivity contribution in [1.82, 2.24) is 0 Å². The van der Waals surface area contributed by atoms with E-state index >= 15 is 0 Å². The van der Waals surface area contributed by atoms with Crippen molar-refractivity contribution in [3.05, 3.63) is 0 Å². The summed E-state index contributed by atoms with van der Waals surface area (Å²) in [6, 6.07) is 0. The molecule has 0 heterocycles. The number of aliphatic hydroxyl groups excluding tert-OH is 2. The molecule has 136 valence electrons. The molecule has 0 aromatic heterocycles. The highest BCUT2D eigenvalue weighted by atomic mass is 16.3. The van der Waals surface area contributed by atoms with E-state index in [0.717, 1.165) is 38.5 Å². The number of aliphatic hydroxyl groups is 2. The van der Waals surface area contributed by atoms with Gasteiger partial charge in [-0.05, 0) is 87.4 Å². The van der Waals surface area contributed by atoms with E-state index in [-0.39, 0.29) is 34.7 Å². The molecule has 4 fully saturated rings. The van der Waals surface area contributed by atoms with Crippen LogP contribution in [0.4, 0.5) is 0 Å². The van der Waals surface area contributed by atoms with Crippen LogP contribution >= 0.6 is 0 Å². The Morgan fingerprint density at radius 2 is 1.71 bits per heavy atom. The second kappa shape index (κ2) is 5.54. The maximum absolute atomic E-state index is 12.2. The van der Waals surface area contributed by atoms with Gasteiger partial charge in [0.05, 0.1) is 12.2 Å². The van der Waals surface area contributed by atoms with Gasteiger partial charge in [0.1, 0.15) is 5.78 Å². The Balaban J connectivity index is 1.66. The lowest BCUT2D eigenvalue weighted by Gasteiger charge is -2.62. The lowest BCUT2D eigenvalue weighted by Crippen LogP contribution is -2.58. The number of carbonyl (C=O) groups excluding carboxylic acids is 1. The van der Waals surface area contributed by atoms with Crippen LogP contribution in [0.5, 0.6) is 0 Å². The number of ketones is 1. The monoisotopic (exact) mass is 334 g/mol. The van der Waals surface area contributed by atoms with E-state index in [9.17, 15) is 15.0 Å². The molecule has 0 radical (unpaired) electrons. The predicted octanol–water partition coefficient (Wildman–Crippen LogP) is 3.57. The van der Waals surface area contributed by atoms with Crippen molar-refractivity contribution in [2.75, 3.05) is 0 Å². The summed E-state index contributed by atoms with van der Waals surface area (Å²) in [5.41, 5.74) is 0.0726. The van der Waals surface area contributed by atoms with Gasteiger partial charge in [-0.1, -0.05) is 13.8 Å². The van der Waals surface area contributed by atoms with Crippen LogP contribution in [0.1, 0.15) is 72.1 Å². The van der Waals surface area contributed by atoms with Crippen molar-refractivity contribution in [3.63, 3.8) is 0 Å². The molecule has 0 spiro atoms. The van der Waals surface area contributed by atoms with Crippen LogP contribution in [0, 0.1) is 40.4 Å². The Hall–Kier alpha value is -0.410. The number of fused-ring (bicyclic) bond motifs is 5. The second-order valence-electron chi connectivity index (χ2n) is 9.94. The van der Waals surface area contributed by atoms with Gasteiger partial charge in [0.25, 0.3) is 0 Å². The molecule has 0 bridgehead atoms. The van der Waals surface area contributed by atoms with Crippen LogP contribution in [0.2, 0.25) is 0 Å². The van der Waals surface area contributed by atoms with Crippen LogP contribution in [-0.4, -0.2) is 28.2 Å². The zero-order chi connectivity index (χ0) is 17.3. The van der Waals surface area contributed by atoms with Gasteiger partial charge >= 0.3 is 0 Å². The average molecular weight is 335 g/mol. The summed E-state index contributed by atoms with van der Waals surface area (Å²) in [6.07, 6.45) is 7.92. The van der Waals surface area contributed by atoms with Crippen LogP contribution < -0.4 is 0 Å². The van der Waals surface area contributed by atoms with Crippen molar-refractivity contribution < 1.29 is 15.0 Å². The number of hydrogen-bond donors (Lipinski definition) is 2. The standard InChI is InChI=1S/C21H34O3/c1-12(22)16-6-7-17-15-5-4-13-10-14(23)8-9-20(13,2)18(15)11-19(24)21(16,17)3/h13-19,23-24H,4-11H2,1-3H3. The zero-order valence-corrected chi connectivity index (χ0v) is 15.5. The first-order valence-corrected chi connectivity index (χ1v) is 10.1. The number of hydrogen-bond acceptors (Lipinski definition) is 3. The molecule has 4 aliphatic rings. The topological polar surface area (TPSA) is 57.5 Å². The van der Waals surface area contributed by atoms with Gasteiger partial charge < -0.3 is 10.2 Å². The van der Waals surface area contributed by atoms with Crippen LogP contribution in [0.3, 0.4) is 0 Å². The number of carbonyl (C=O) groups is 1. The molecule has 3 heteroatoms. The summed E-state index contributed by atoms with van der Waals surface area (Å²) in [7, 11) is 0. The van der Waals surface area contributed by atoms with Gasteiger partial charge in [-0.3, -0.25) is 4.79 Å². The predicted molar refractivity (Wildman–Crippen MR) is 93.3 cm³/mol. The first-order valence-electron chi connectivity index (χ1n) is 10.1. The van der Waals surface area contributed by atoms with E-state index in [1.165, 1.54) is 12.8 Å². The molecule has 0 amide bonds. The van der Waals surface area contributed by atoms with Gasteiger partial charge in [0.2, 0.25) is 0 Å². The van der Waals surface area contributed by atoms with Crippen molar-refractivity contribution in [2.24, 2.45) is 40.4 Å². The molecule has 9 atom stereocenters. The van der Waals surface area contributed by atoms with E-state index in [1.54, 1.807) is 6.92 Å². The molecule has 4 rings (SSSR count). The van der Waals surface area contributed by atoms with E-state index in [2.05, 4.69) is 13.8 Å². The maximum Gasteiger partial charge on any atom is 0.133 e. The highest BCUT2D eigenvalue weighted by Crippen LogP contribution is 2.67. The fourth-order valence-corrected chi connectivity index (χ4v) is 7.86. The molecule has 0 aliphatic heterocycles. The third-order valence-electron chi connectivity index (χ3n) is 9.24. The molecule has 0 aromatic carbocycles. The van der Waals surface area contributed by atoms with E-state index in [1.807, 2.05) is 0 Å². The van der Waals surface area contributed by atoms with E-state index < -0.39 is 0 Å². The quantitative estimate of drug-likeness (QED) is 0.771. The molecule has 2 N–H and O–H groups in total. The first-order chi connectivity index (χ1) is 11.3. The average Bonchev–Trinajstić information content (AvgIpc) is 2.88.